The number of hydrogen-bond acceptors (Lipinski definition) is 4. The van der Waals surface area contributed by atoms with Crippen LogP contribution in [-0.4, -0.2) is 44.4 Å². The predicted octanol–water partition coefficient (Wildman–Crippen LogP) is 0.954. The molecule has 18 heavy (non-hydrogen) atoms. The van der Waals surface area contributed by atoms with Crippen LogP contribution in [0.2, 0.25) is 0 Å². The Labute approximate surface area is 108 Å². The third-order valence-corrected chi connectivity index (χ3v) is 3.81. The van der Waals surface area contributed by atoms with Gasteiger partial charge in [0.15, 0.2) is 0 Å². The molecule has 0 aliphatic carbocycles. The second kappa shape index (κ2) is 5.26. The summed E-state index contributed by atoms with van der Waals surface area (Å²) >= 11 is 0. The summed E-state index contributed by atoms with van der Waals surface area (Å²) in [5, 5.41) is 0. The largest absolute Gasteiger partial charge is 0.493 e. The van der Waals surface area contributed by atoms with Crippen LogP contribution in [0.5, 0.6) is 5.75 Å². The van der Waals surface area contributed by atoms with Crippen LogP contribution in [0.4, 0.5) is 0 Å². The van der Waals surface area contributed by atoms with Gasteiger partial charge >= 0.3 is 0 Å². The van der Waals surface area contributed by atoms with Crippen molar-refractivity contribution >= 4 is 0 Å². The Hall–Kier alpha value is -1.10. The van der Waals surface area contributed by atoms with Gasteiger partial charge in [0.1, 0.15) is 5.75 Å². The van der Waals surface area contributed by atoms with Crippen molar-refractivity contribution in [3.8, 4) is 5.75 Å². The van der Waals surface area contributed by atoms with Crippen molar-refractivity contribution in [1.82, 2.24) is 4.90 Å². The van der Waals surface area contributed by atoms with Gasteiger partial charge in [0.2, 0.25) is 0 Å². The highest BCUT2D eigenvalue weighted by atomic mass is 16.5. The molecule has 1 atom stereocenters. The Balaban J connectivity index is 1.82. The maximum Gasteiger partial charge on any atom is 0.122 e. The van der Waals surface area contributed by atoms with Gasteiger partial charge in [-0.2, -0.15) is 0 Å². The summed E-state index contributed by atoms with van der Waals surface area (Å²) in [4.78, 5) is 2.42. The maximum atomic E-state index is 5.97. The van der Waals surface area contributed by atoms with Gasteiger partial charge in [0.05, 0.1) is 19.8 Å². The van der Waals surface area contributed by atoms with Crippen molar-refractivity contribution in [2.45, 2.75) is 12.5 Å². The van der Waals surface area contributed by atoms with Gasteiger partial charge in [-0.25, -0.2) is 0 Å². The Morgan fingerprint density at radius 2 is 2.06 bits per heavy atom. The lowest BCUT2D eigenvalue weighted by atomic mass is 10.0. The van der Waals surface area contributed by atoms with E-state index in [2.05, 4.69) is 23.1 Å². The van der Waals surface area contributed by atoms with Gasteiger partial charge in [0, 0.05) is 32.1 Å². The molecular formula is C14H20N2O2. The number of nitrogens with zero attached hydrogens (tertiary/aromatic N) is 1. The average Bonchev–Trinajstić information content (AvgIpc) is 2.88. The number of nitrogens with two attached hydrogens (primary N) is 1. The lowest BCUT2D eigenvalue weighted by Gasteiger charge is -2.34. The fraction of sp³-hybridized carbons (Fsp3) is 0.571. The molecule has 2 N–H and O–H groups in total. The smallest absolute Gasteiger partial charge is 0.122 e. The van der Waals surface area contributed by atoms with Gasteiger partial charge in [-0.05, 0) is 17.2 Å². The molecule has 0 aromatic heterocycles. The van der Waals surface area contributed by atoms with E-state index >= 15 is 0 Å². The number of ether oxygens (including phenoxy) is 2. The molecular weight excluding hydrogens is 228 g/mol. The van der Waals surface area contributed by atoms with Crippen LogP contribution >= 0.6 is 0 Å². The zero-order valence-corrected chi connectivity index (χ0v) is 10.6. The lowest BCUT2D eigenvalue weighted by Crippen LogP contribution is -2.41. The van der Waals surface area contributed by atoms with Gasteiger partial charge in [-0.15, -0.1) is 0 Å². The van der Waals surface area contributed by atoms with Crippen molar-refractivity contribution in [1.29, 1.82) is 0 Å². The van der Waals surface area contributed by atoms with Crippen LogP contribution in [0.15, 0.2) is 18.2 Å². The molecule has 4 nitrogen and oxygen atoms in total. The summed E-state index contributed by atoms with van der Waals surface area (Å²) in [6.07, 6.45) is 1.02. The summed E-state index contributed by atoms with van der Waals surface area (Å²) in [6, 6.07) is 6.80. The van der Waals surface area contributed by atoms with E-state index in [0.29, 0.717) is 12.6 Å². The van der Waals surface area contributed by atoms with E-state index in [1.807, 2.05) is 0 Å². The summed E-state index contributed by atoms with van der Waals surface area (Å²) in [6.45, 7) is 5.02. The average molecular weight is 248 g/mol. The summed E-state index contributed by atoms with van der Waals surface area (Å²) < 4.78 is 10.9. The first kappa shape index (κ1) is 12.0. The Morgan fingerprint density at radius 1 is 1.22 bits per heavy atom. The third-order valence-electron chi connectivity index (χ3n) is 3.81. The molecule has 2 aliphatic heterocycles. The topological polar surface area (TPSA) is 47.7 Å². The van der Waals surface area contributed by atoms with Crippen LogP contribution in [0, 0.1) is 0 Å². The first-order valence-electron chi connectivity index (χ1n) is 6.66. The minimum absolute atomic E-state index is 0.305. The molecule has 2 aliphatic rings. The van der Waals surface area contributed by atoms with Crippen molar-refractivity contribution in [3.05, 3.63) is 29.3 Å². The molecule has 0 unspecified atom stereocenters. The van der Waals surface area contributed by atoms with Crippen LogP contribution < -0.4 is 10.5 Å². The first-order valence-corrected chi connectivity index (χ1v) is 6.66. The van der Waals surface area contributed by atoms with Crippen LogP contribution in [-0.2, 0) is 11.2 Å². The van der Waals surface area contributed by atoms with E-state index in [9.17, 15) is 0 Å². The highest BCUT2D eigenvalue weighted by Gasteiger charge is 2.23. The van der Waals surface area contributed by atoms with E-state index in [0.717, 1.165) is 45.1 Å². The SMILES string of the molecule is NC[C@@H](c1ccc2c(c1)CCO2)N1CCOCC1. The Kier molecular flexibility index (Phi) is 3.50. The van der Waals surface area contributed by atoms with Gasteiger partial charge in [0.25, 0.3) is 0 Å². The molecule has 98 valence electrons. The molecule has 2 heterocycles. The summed E-state index contributed by atoms with van der Waals surface area (Å²) in [5.74, 6) is 1.04. The van der Waals surface area contributed by atoms with Crippen LogP contribution in [0.3, 0.4) is 0 Å². The van der Waals surface area contributed by atoms with Crippen LogP contribution in [0.1, 0.15) is 17.2 Å². The van der Waals surface area contributed by atoms with Gasteiger partial charge in [-0.3, -0.25) is 4.90 Å². The van der Waals surface area contributed by atoms with Crippen molar-refractivity contribution in [2.75, 3.05) is 39.5 Å². The van der Waals surface area contributed by atoms with Crippen LogP contribution in [0.25, 0.3) is 0 Å². The minimum atomic E-state index is 0.305. The molecule has 1 fully saturated rings. The van der Waals surface area contributed by atoms with Crippen molar-refractivity contribution < 1.29 is 9.47 Å². The fourth-order valence-electron chi connectivity index (χ4n) is 2.80. The van der Waals surface area contributed by atoms with Gasteiger partial charge in [-0.1, -0.05) is 12.1 Å². The first-order chi connectivity index (χ1) is 8.88. The number of fused-ring (bicyclic) bond motifs is 1. The molecule has 0 bridgehead atoms. The van der Waals surface area contributed by atoms with E-state index < -0.39 is 0 Å². The highest BCUT2D eigenvalue weighted by Crippen LogP contribution is 2.30. The van der Waals surface area contributed by atoms with Crippen molar-refractivity contribution in [2.24, 2.45) is 5.73 Å². The van der Waals surface area contributed by atoms with E-state index in [4.69, 9.17) is 15.2 Å². The molecule has 0 saturated carbocycles. The maximum absolute atomic E-state index is 5.97. The van der Waals surface area contributed by atoms with Crippen molar-refractivity contribution in [3.63, 3.8) is 0 Å². The predicted molar refractivity (Wildman–Crippen MR) is 69.8 cm³/mol. The minimum Gasteiger partial charge on any atom is -0.493 e. The zero-order chi connectivity index (χ0) is 12.4. The lowest BCUT2D eigenvalue weighted by molar-refractivity contribution is 0.0179. The molecule has 4 heteroatoms. The third kappa shape index (κ3) is 2.23. The number of rotatable bonds is 3. The summed E-state index contributed by atoms with van der Waals surface area (Å²) in [7, 11) is 0. The summed E-state index contributed by atoms with van der Waals surface area (Å²) in [5.41, 5.74) is 8.59. The normalized spacial score (nSPS) is 21.4. The molecule has 0 spiro atoms. The molecule has 0 amide bonds. The highest BCUT2D eigenvalue weighted by molar-refractivity contribution is 5.40. The monoisotopic (exact) mass is 248 g/mol. The molecule has 3 rings (SSSR count). The number of hydrogen-bond donors (Lipinski definition) is 1. The quantitative estimate of drug-likeness (QED) is 0.865. The Morgan fingerprint density at radius 3 is 2.83 bits per heavy atom. The molecule has 0 radical (unpaired) electrons. The van der Waals surface area contributed by atoms with Gasteiger partial charge < -0.3 is 15.2 Å². The fourth-order valence-corrected chi connectivity index (χ4v) is 2.80. The second-order valence-corrected chi connectivity index (χ2v) is 4.87. The molecule has 1 aromatic rings. The van der Waals surface area contributed by atoms with E-state index in [-0.39, 0.29) is 0 Å². The Bertz CT molecular complexity index is 416. The number of benzene rings is 1. The molecule has 1 saturated heterocycles. The molecule has 1 aromatic carbocycles. The number of morpholine rings is 1. The zero-order valence-electron chi connectivity index (χ0n) is 10.6. The van der Waals surface area contributed by atoms with E-state index in [1.165, 1.54) is 11.1 Å². The second-order valence-electron chi connectivity index (χ2n) is 4.87. The standard InChI is InChI=1S/C14H20N2O2/c15-10-13(16-4-7-17-8-5-16)11-1-2-14-12(9-11)3-6-18-14/h1-2,9,13H,3-8,10,15H2/t13-/m0/s1. The van der Waals surface area contributed by atoms with E-state index in [1.54, 1.807) is 0 Å².